The van der Waals surface area contributed by atoms with Gasteiger partial charge in [-0.25, -0.2) is 18.7 Å². The van der Waals surface area contributed by atoms with Gasteiger partial charge in [-0.2, -0.15) is 0 Å². The van der Waals surface area contributed by atoms with Crippen molar-refractivity contribution in [3.63, 3.8) is 0 Å². The average molecular weight is 460 g/mol. The Labute approximate surface area is 195 Å². The van der Waals surface area contributed by atoms with Gasteiger partial charge in [0.2, 0.25) is 0 Å². The summed E-state index contributed by atoms with van der Waals surface area (Å²) < 4.78 is 29.1. The van der Waals surface area contributed by atoms with Crippen LogP contribution in [0.25, 0.3) is 10.9 Å². The summed E-state index contributed by atoms with van der Waals surface area (Å²) in [6.07, 6.45) is -0.401. The van der Waals surface area contributed by atoms with Crippen molar-refractivity contribution in [3.8, 4) is 11.8 Å². The fourth-order valence-corrected chi connectivity index (χ4v) is 4.32. The van der Waals surface area contributed by atoms with Crippen LogP contribution >= 0.6 is 0 Å². The molecule has 34 heavy (non-hydrogen) atoms. The number of pyridine rings is 1. The Kier molecular flexibility index (Phi) is 5.62. The molecule has 8 heteroatoms. The predicted octanol–water partition coefficient (Wildman–Crippen LogP) is 4.19. The highest BCUT2D eigenvalue weighted by Gasteiger charge is 2.31. The number of imidazole rings is 1. The average Bonchev–Trinajstić information content (AvgIpc) is 3.49. The van der Waals surface area contributed by atoms with Crippen molar-refractivity contribution in [1.29, 1.82) is 0 Å². The van der Waals surface area contributed by atoms with Crippen LogP contribution in [0.1, 0.15) is 51.8 Å². The van der Waals surface area contributed by atoms with Crippen LogP contribution in [0.15, 0.2) is 48.8 Å². The number of carbonyl (C=O) groups excluding carboxylic acids is 1. The Morgan fingerprint density at radius 2 is 2.12 bits per heavy atom. The molecule has 1 aliphatic heterocycles. The molecule has 2 N–H and O–H groups in total. The van der Waals surface area contributed by atoms with Crippen LogP contribution in [0, 0.1) is 18.8 Å². The number of nitrogens with zero attached hydrogens (tertiary/aromatic N) is 3. The molecule has 1 unspecified atom stereocenters. The van der Waals surface area contributed by atoms with E-state index in [9.17, 15) is 13.6 Å². The normalized spacial score (nSPS) is 16.5. The van der Waals surface area contributed by atoms with Crippen LogP contribution in [0.2, 0.25) is 0 Å². The van der Waals surface area contributed by atoms with Crippen LogP contribution in [0.3, 0.4) is 0 Å². The van der Waals surface area contributed by atoms with Gasteiger partial charge < -0.3 is 14.9 Å². The minimum Gasteiger partial charge on any atom is -0.356 e. The van der Waals surface area contributed by atoms with E-state index in [2.05, 4.69) is 32.1 Å². The molecule has 1 amide bonds. The Morgan fingerprint density at radius 1 is 1.29 bits per heavy atom. The fourth-order valence-electron chi connectivity index (χ4n) is 4.32. The van der Waals surface area contributed by atoms with Crippen molar-refractivity contribution in [2.24, 2.45) is 0 Å². The van der Waals surface area contributed by atoms with Crippen LogP contribution in [0.4, 0.5) is 8.78 Å². The highest BCUT2D eigenvalue weighted by molar-refractivity contribution is 5.93. The predicted molar refractivity (Wildman–Crippen MR) is 125 cm³/mol. The summed E-state index contributed by atoms with van der Waals surface area (Å²) in [5.41, 5.74) is 4.27. The molecule has 0 bridgehead atoms. The number of aryl methyl sites for hydroxylation is 1. The number of aromatic amines is 1. The number of aromatic nitrogens is 4. The molecule has 4 heterocycles. The highest BCUT2D eigenvalue weighted by Crippen LogP contribution is 2.30. The first-order chi connectivity index (χ1) is 16.4. The second-order valence-electron chi connectivity index (χ2n) is 8.52. The van der Waals surface area contributed by atoms with E-state index >= 15 is 0 Å². The number of hydrogen-bond acceptors (Lipinski definition) is 3. The minimum absolute atomic E-state index is 0.163. The smallest absolute Gasteiger partial charge is 0.270 e. The number of halogens is 2. The number of carbonyl (C=O) groups is 1. The molecule has 5 rings (SSSR count). The Hall–Kier alpha value is -3.99. The summed E-state index contributed by atoms with van der Waals surface area (Å²) in [6.45, 7) is 3.36. The molecule has 0 spiro atoms. The molecule has 0 saturated carbocycles. The summed E-state index contributed by atoms with van der Waals surface area (Å²) >= 11 is 0. The Morgan fingerprint density at radius 3 is 2.91 bits per heavy atom. The number of para-hydroxylation sites is 1. The maximum absolute atomic E-state index is 14.1. The SMILES string of the molecule is Cc1cc(C#C[C@H](C)F)cc(C(=O)NC(c2cc3ccccc3[nH]2)c2ncn3c2C[C@@H](F)C3)n1. The summed E-state index contributed by atoms with van der Waals surface area (Å²) in [4.78, 5) is 25.6. The lowest BCUT2D eigenvalue weighted by molar-refractivity contribution is 0.0936. The number of amides is 1. The molecule has 1 aliphatic rings. The van der Waals surface area contributed by atoms with Gasteiger partial charge in [-0.1, -0.05) is 30.0 Å². The number of hydrogen-bond donors (Lipinski definition) is 2. The molecular weight excluding hydrogens is 436 g/mol. The van der Waals surface area contributed by atoms with E-state index in [-0.39, 0.29) is 18.7 Å². The first kappa shape index (κ1) is 21.8. The molecule has 4 aromatic rings. The van der Waals surface area contributed by atoms with Crippen LogP contribution in [0.5, 0.6) is 0 Å². The number of alkyl halides is 2. The second kappa shape index (κ2) is 8.75. The highest BCUT2D eigenvalue weighted by atomic mass is 19.1. The van der Waals surface area contributed by atoms with Crippen molar-refractivity contribution >= 4 is 16.8 Å². The molecular formula is C26H23F2N5O. The minimum atomic E-state index is -1.28. The third kappa shape index (κ3) is 4.29. The van der Waals surface area contributed by atoms with Gasteiger partial charge in [0.05, 0.1) is 18.6 Å². The van der Waals surface area contributed by atoms with E-state index < -0.39 is 24.3 Å². The van der Waals surface area contributed by atoms with E-state index in [4.69, 9.17) is 0 Å². The molecule has 6 nitrogen and oxygen atoms in total. The number of benzene rings is 1. The topological polar surface area (TPSA) is 75.6 Å². The molecule has 1 aromatic carbocycles. The summed E-state index contributed by atoms with van der Waals surface area (Å²) in [6, 6.07) is 12.3. The lowest BCUT2D eigenvalue weighted by atomic mass is 10.1. The van der Waals surface area contributed by atoms with Gasteiger partial charge in [-0.05, 0) is 43.5 Å². The maximum Gasteiger partial charge on any atom is 0.270 e. The molecule has 0 fully saturated rings. The number of fused-ring (bicyclic) bond motifs is 2. The van der Waals surface area contributed by atoms with Crippen molar-refractivity contribution in [1.82, 2.24) is 24.8 Å². The Balaban J connectivity index is 1.53. The molecule has 0 aliphatic carbocycles. The molecule has 3 aromatic heterocycles. The van der Waals surface area contributed by atoms with Gasteiger partial charge in [0.15, 0.2) is 6.17 Å². The first-order valence-electron chi connectivity index (χ1n) is 11.1. The van der Waals surface area contributed by atoms with Crippen molar-refractivity contribution in [3.05, 3.63) is 82.8 Å². The zero-order valence-electron chi connectivity index (χ0n) is 18.8. The lowest BCUT2D eigenvalue weighted by Gasteiger charge is -2.17. The monoisotopic (exact) mass is 459 g/mol. The number of H-pyrrole nitrogens is 1. The van der Waals surface area contributed by atoms with Crippen molar-refractivity contribution in [2.75, 3.05) is 0 Å². The third-order valence-corrected chi connectivity index (χ3v) is 5.80. The van der Waals surface area contributed by atoms with Gasteiger partial charge in [0, 0.05) is 34.6 Å². The van der Waals surface area contributed by atoms with Gasteiger partial charge in [0.25, 0.3) is 5.91 Å². The second-order valence-corrected chi connectivity index (χ2v) is 8.52. The van der Waals surface area contributed by atoms with Crippen molar-refractivity contribution in [2.45, 2.75) is 45.2 Å². The zero-order valence-corrected chi connectivity index (χ0v) is 18.8. The van der Waals surface area contributed by atoms with Crippen LogP contribution in [-0.2, 0) is 13.0 Å². The fraction of sp³-hybridized carbons (Fsp3) is 0.269. The molecule has 172 valence electrons. The van der Waals surface area contributed by atoms with Gasteiger partial charge in [-0.3, -0.25) is 4.79 Å². The number of nitrogens with one attached hydrogen (secondary N) is 2. The largest absolute Gasteiger partial charge is 0.356 e. The summed E-state index contributed by atoms with van der Waals surface area (Å²) in [5.74, 6) is 4.77. The van der Waals surface area contributed by atoms with E-state index in [0.29, 0.717) is 17.0 Å². The third-order valence-electron chi connectivity index (χ3n) is 5.80. The lowest BCUT2D eigenvalue weighted by Crippen LogP contribution is -2.31. The maximum atomic E-state index is 14.1. The summed E-state index contributed by atoms with van der Waals surface area (Å²) in [5, 5.41) is 4.01. The van der Waals surface area contributed by atoms with Gasteiger partial charge in [0.1, 0.15) is 17.9 Å². The van der Waals surface area contributed by atoms with Crippen LogP contribution in [-0.4, -0.2) is 37.8 Å². The van der Waals surface area contributed by atoms with Crippen molar-refractivity contribution < 1.29 is 13.6 Å². The molecule has 0 radical (unpaired) electrons. The molecule has 3 atom stereocenters. The quantitative estimate of drug-likeness (QED) is 0.450. The first-order valence-corrected chi connectivity index (χ1v) is 11.1. The summed E-state index contributed by atoms with van der Waals surface area (Å²) in [7, 11) is 0. The van der Waals surface area contributed by atoms with E-state index in [1.165, 1.54) is 13.0 Å². The number of rotatable bonds is 4. The van der Waals surface area contributed by atoms with E-state index in [1.54, 1.807) is 23.9 Å². The van der Waals surface area contributed by atoms with E-state index in [1.807, 2.05) is 30.3 Å². The standard InChI is InChI=1S/C26H23F2N5O/c1-15(27)7-8-17-9-16(2)30-22(10-17)26(34)32-24(21-11-18-5-3-4-6-20(18)31-21)25-23-12-19(28)13-33(23)14-29-25/h3-6,9-11,14-15,19,24,31H,12-13H2,1-2H3,(H,32,34)/t15-,19+,24?/m0/s1. The zero-order chi connectivity index (χ0) is 23.8. The van der Waals surface area contributed by atoms with Gasteiger partial charge >= 0.3 is 0 Å². The van der Waals surface area contributed by atoms with Gasteiger partial charge in [-0.15, -0.1) is 0 Å². The Bertz CT molecular complexity index is 1410. The van der Waals surface area contributed by atoms with E-state index in [0.717, 1.165) is 22.3 Å². The van der Waals surface area contributed by atoms with Crippen LogP contribution < -0.4 is 5.32 Å². The molecule has 0 saturated heterocycles.